The van der Waals surface area contributed by atoms with Gasteiger partial charge in [-0.3, -0.25) is 9.36 Å². The third kappa shape index (κ3) is 3.42. The van der Waals surface area contributed by atoms with Crippen molar-refractivity contribution in [1.29, 1.82) is 0 Å². The first-order valence-corrected chi connectivity index (χ1v) is 6.15. The number of alkyl halides is 3. The molecular formula is C14H13F3N2O2. The Morgan fingerprint density at radius 2 is 1.62 bits per heavy atom. The molecule has 2 aromatic rings. The van der Waals surface area contributed by atoms with E-state index in [1.54, 1.807) is 17.1 Å². The lowest BCUT2D eigenvalue weighted by Gasteiger charge is -2.10. The summed E-state index contributed by atoms with van der Waals surface area (Å²) in [6, 6.07) is 5.86. The summed E-state index contributed by atoms with van der Waals surface area (Å²) < 4.78 is 38.2. The van der Waals surface area contributed by atoms with Crippen molar-refractivity contribution in [1.82, 2.24) is 9.55 Å². The number of rotatable bonds is 2. The molecule has 1 heterocycles. The van der Waals surface area contributed by atoms with E-state index in [2.05, 4.69) is 0 Å². The average Bonchev–Trinajstić information content (AvgIpc) is 2.31. The third-order valence-corrected chi connectivity index (χ3v) is 2.95. The van der Waals surface area contributed by atoms with Crippen LogP contribution in [0.3, 0.4) is 0 Å². The highest BCUT2D eigenvalue weighted by molar-refractivity contribution is 5.28. The Labute approximate surface area is 117 Å². The van der Waals surface area contributed by atoms with Crippen LogP contribution in [0.2, 0.25) is 0 Å². The van der Waals surface area contributed by atoms with Crippen molar-refractivity contribution >= 4 is 0 Å². The molecule has 0 aliphatic heterocycles. The first-order chi connectivity index (χ1) is 9.66. The fourth-order valence-electron chi connectivity index (χ4n) is 2.17. The van der Waals surface area contributed by atoms with Gasteiger partial charge >= 0.3 is 11.9 Å². The van der Waals surface area contributed by atoms with Crippen molar-refractivity contribution in [2.45, 2.75) is 26.6 Å². The maximum atomic E-state index is 12.5. The molecule has 1 aromatic carbocycles. The highest BCUT2D eigenvalue weighted by Crippen LogP contribution is 2.25. The van der Waals surface area contributed by atoms with Gasteiger partial charge in [0.25, 0.3) is 5.56 Å². The van der Waals surface area contributed by atoms with Crippen LogP contribution in [0.4, 0.5) is 13.2 Å². The van der Waals surface area contributed by atoms with E-state index in [9.17, 15) is 22.8 Å². The number of nitrogens with one attached hydrogen (secondary N) is 1. The summed E-state index contributed by atoms with van der Waals surface area (Å²) in [5.41, 5.74) is -0.823. The summed E-state index contributed by atoms with van der Waals surface area (Å²) in [4.78, 5) is 25.1. The highest BCUT2D eigenvalue weighted by atomic mass is 19.4. The molecule has 7 heteroatoms. The van der Waals surface area contributed by atoms with E-state index in [0.29, 0.717) is 11.6 Å². The van der Waals surface area contributed by atoms with Gasteiger partial charge in [0, 0.05) is 6.07 Å². The van der Waals surface area contributed by atoms with E-state index in [1.807, 2.05) is 19.9 Å². The summed E-state index contributed by atoms with van der Waals surface area (Å²) in [5.74, 6) is 0. The van der Waals surface area contributed by atoms with Crippen LogP contribution in [0.1, 0.15) is 22.4 Å². The van der Waals surface area contributed by atoms with Gasteiger partial charge in [0.1, 0.15) is 5.69 Å². The number of hydrogen-bond donors (Lipinski definition) is 1. The molecule has 0 atom stereocenters. The number of halogens is 3. The number of aromatic nitrogens is 2. The summed E-state index contributed by atoms with van der Waals surface area (Å²) in [5, 5.41) is 0. The molecule has 0 bridgehead atoms. The molecule has 0 aliphatic rings. The van der Waals surface area contributed by atoms with E-state index in [0.717, 1.165) is 15.7 Å². The Kier molecular flexibility index (Phi) is 3.76. The lowest BCUT2D eigenvalue weighted by atomic mass is 10.1. The molecule has 2 rings (SSSR count). The van der Waals surface area contributed by atoms with Crippen LogP contribution in [0.15, 0.2) is 33.9 Å². The zero-order valence-electron chi connectivity index (χ0n) is 11.4. The number of H-pyrrole nitrogens is 1. The van der Waals surface area contributed by atoms with Crippen molar-refractivity contribution in [2.75, 3.05) is 0 Å². The first kappa shape index (κ1) is 15.1. The Morgan fingerprint density at radius 1 is 1.05 bits per heavy atom. The van der Waals surface area contributed by atoms with E-state index in [-0.39, 0.29) is 6.54 Å². The smallest absolute Gasteiger partial charge is 0.303 e. The molecule has 112 valence electrons. The Bertz CT molecular complexity index is 737. The molecular weight excluding hydrogens is 285 g/mol. The molecule has 0 aliphatic carbocycles. The Morgan fingerprint density at radius 3 is 2.10 bits per heavy atom. The number of aryl methyl sites for hydroxylation is 2. The second-order valence-corrected chi connectivity index (χ2v) is 4.91. The summed E-state index contributed by atoms with van der Waals surface area (Å²) in [7, 11) is 0. The molecule has 0 saturated carbocycles. The van der Waals surface area contributed by atoms with Crippen LogP contribution in [-0.2, 0) is 12.7 Å². The van der Waals surface area contributed by atoms with Crippen molar-refractivity contribution in [3.8, 4) is 0 Å². The Hall–Kier alpha value is -2.31. The van der Waals surface area contributed by atoms with E-state index >= 15 is 0 Å². The lowest BCUT2D eigenvalue weighted by Crippen LogP contribution is -2.37. The van der Waals surface area contributed by atoms with E-state index in [1.165, 1.54) is 0 Å². The molecule has 0 fully saturated rings. The lowest BCUT2D eigenvalue weighted by molar-refractivity contribution is -0.141. The molecule has 0 saturated heterocycles. The monoisotopic (exact) mass is 298 g/mol. The van der Waals surface area contributed by atoms with Crippen molar-refractivity contribution in [2.24, 2.45) is 0 Å². The first-order valence-electron chi connectivity index (χ1n) is 6.15. The van der Waals surface area contributed by atoms with Crippen molar-refractivity contribution in [3.63, 3.8) is 0 Å². The highest BCUT2D eigenvalue weighted by Gasteiger charge is 2.32. The molecule has 0 unspecified atom stereocenters. The van der Waals surface area contributed by atoms with Gasteiger partial charge in [-0.15, -0.1) is 0 Å². The average molecular weight is 298 g/mol. The normalized spacial score (nSPS) is 11.7. The largest absolute Gasteiger partial charge is 0.431 e. The maximum absolute atomic E-state index is 12.5. The molecule has 0 radical (unpaired) electrons. The van der Waals surface area contributed by atoms with Crippen molar-refractivity contribution < 1.29 is 13.2 Å². The van der Waals surface area contributed by atoms with Crippen LogP contribution in [-0.4, -0.2) is 9.55 Å². The minimum absolute atomic E-state index is 0.0746. The molecule has 1 aromatic heterocycles. The number of aromatic amines is 1. The van der Waals surface area contributed by atoms with Gasteiger partial charge in [-0.1, -0.05) is 29.3 Å². The number of hydrogen-bond acceptors (Lipinski definition) is 2. The SMILES string of the molecule is Cc1cc(C)cc(Cn2c(=O)cc(C(F)(F)F)[nH]c2=O)c1. The summed E-state index contributed by atoms with van der Waals surface area (Å²) >= 11 is 0. The molecule has 1 N–H and O–H groups in total. The van der Waals surface area contributed by atoms with Gasteiger partial charge in [0.15, 0.2) is 0 Å². The van der Waals surface area contributed by atoms with Crippen LogP contribution >= 0.6 is 0 Å². The predicted molar refractivity (Wildman–Crippen MR) is 71.3 cm³/mol. The predicted octanol–water partition coefficient (Wildman–Crippen LogP) is 2.22. The third-order valence-electron chi connectivity index (χ3n) is 2.95. The molecule has 21 heavy (non-hydrogen) atoms. The zero-order chi connectivity index (χ0) is 15.8. The minimum atomic E-state index is -4.75. The standard InChI is InChI=1S/C14H13F3N2O2/c1-8-3-9(2)5-10(4-8)7-19-12(20)6-11(14(15,16)17)18-13(19)21/h3-6H,7H2,1-2H3,(H,18,21). The number of benzene rings is 1. The quantitative estimate of drug-likeness (QED) is 0.924. The van der Waals surface area contributed by atoms with Crippen LogP contribution in [0.25, 0.3) is 0 Å². The van der Waals surface area contributed by atoms with Crippen LogP contribution < -0.4 is 11.2 Å². The maximum Gasteiger partial charge on any atom is 0.431 e. The van der Waals surface area contributed by atoms with Gasteiger partial charge < -0.3 is 4.98 Å². The Balaban J connectivity index is 2.46. The van der Waals surface area contributed by atoms with E-state index in [4.69, 9.17) is 0 Å². The summed E-state index contributed by atoms with van der Waals surface area (Å²) in [6.45, 7) is 3.64. The zero-order valence-corrected chi connectivity index (χ0v) is 11.4. The molecule has 0 amide bonds. The summed E-state index contributed by atoms with van der Waals surface area (Å²) in [6.07, 6.45) is -4.75. The second-order valence-electron chi connectivity index (χ2n) is 4.91. The van der Waals surface area contributed by atoms with Gasteiger partial charge in [-0.25, -0.2) is 4.79 Å². The van der Waals surface area contributed by atoms with E-state index < -0.39 is 23.1 Å². The molecule has 4 nitrogen and oxygen atoms in total. The van der Waals surface area contributed by atoms with Gasteiger partial charge in [-0.05, 0) is 19.4 Å². The topological polar surface area (TPSA) is 54.9 Å². The number of nitrogens with zero attached hydrogens (tertiary/aromatic N) is 1. The second kappa shape index (κ2) is 5.23. The van der Waals surface area contributed by atoms with Gasteiger partial charge in [0.2, 0.25) is 0 Å². The van der Waals surface area contributed by atoms with Crippen molar-refractivity contribution in [3.05, 3.63) is 67.5 Å². The minimum Gasteiger partial charge on any atom is -0.303 e. The van der Waals surface area contributed by atoms with Crippen LogP contribution in [0.5, 0.6) is 0 Å². The fraction of sp³-hybridized carbons (Fsp3) is 0.286. The van der Waals surface area contributed by atoms with Crippen LogP contribution in [0, 0.1) is 13.8 Å². The fourth-order valence-corrected chi connectivity index (χ4v) is 2.17. The van der Waals surface area contributed by atoms with Gasteiger partial charge in [0.05, 0.1) is 6.54 Å². The molecule has 0 spiro atoms. The van der Waals surface area contributed by atoms with Gasteiger partial charge in [-0.2, -0.15) is 13.2 Å².